The van der Waals surface area contributed by atoms with Gasteiger partial charge >= 0.3 is 0 Å². The molecule has 10 heteroatoms. The number of amides is 1. The van der Waals surface area contributed by atoms with E-state index in [4.69, 9.17) is 10.2 Å². The number of carbonyl (C=O) groups is 2. The molecule has 0 aliphatic rings. The van der Waals surface area contributed by atoms with E-state index in [9.17, 15) is 14.4 Å². The van der Waals surface area contributed by atoms with Gasteiger partial charge in [0.05, 0.1) is 12.2 Å². The number of nitrogen functional groups attached to an aromatic ring is 1. The number of aromatic nitrogens is 4. The Morgan fingerprint density at radius 2 is 1.65 bits per heavy atom. The monoisotopic (exact) mass is 468 g/mol. The first-order chi connectivity index (χ1) is 15.9. The highest BCUT2D eigenvalue weighted by Crippen LogP contribution is 2.21. The van der Waals surface area contributed by atoms with Crippen molar-refractivity contribution < 1.29 is 14.0 Å². The Kier molecular flexibility index (Phi) is 8.83. The summed E-state index contributed by atoms with van der Waals surface area (Å²) in [5.74, 6) is -0.742. The summed E-state index contributed by atoms with van der Waals surface area (Å²) in [5, 5.41) is 10.4. The number of carbonyl (C=O) groups excluding carboxylic acids is 2. The standard InChI is InChI=1S/C18H26N6O4.C6H6/c1-9(2)13(14(26)15-22-23-17(28-15)18(4,5)6)21-12(25)8-24-10(3)20-7-11(19)16(24)27;1-2-4-6-5-3-1/h7,9,13H,8,19H2,1-6H3,(H,21,25);1-6H. The van der Waals surface area contributed by atoms with E-state index in [0.717, 1.165) is 4.57 Å². The van der Waals surface area contributed by atoms with Crippen LogP contribution in [0.15, 0.2) is 51.8 Å². The minimum Gasteiger partial charge on any atom is -0.418 e. The predicted molar refractivity (Wildman–Crippen MR) is 128 cm³/mol. The fourth-order valence-electron chi connectivity index (χ4n) is 2.82. The molecule has 34 heavy (non-hydrogen) atoms. The zero-order chi connectivity index (χ0) is 25.5. The Hall–Kier alpha value is -3.82. The lowest BCUT2D eigenvalue weighted by atomic mass is 9.97. The molecule has 3 aromatic rings. The molecule has 2 aromatic heterocycles. The molecule has 0 bridgehead atoms. The first kappa shape index (κ1) is 26.4. The average Bonchev–Trinajstić information content (AvgIpc) is 3.30. The van der Waals surface area contributed by atoms with Crippen LogP contribution in [0.5, 0.6) is 0 Å². The lowest BCUT2D eigenvalue weighted by Crippen LogP contribution is -2.46. The van der Waals surface area contributed by atoms with Gasteiger partial charge in [0.1, 0.15) is 18.1 Å². The van der Waals surface area contributed by atoms with Crippen molar-refractivity contribution >= 4 is 17.4 Å². The Morgan fingerprint density at radius 1 is 1.09 bits per heavy atom. The number of Topliss-reactive ketones (excluding diaryl/α,β-unsaturated/α-hetero) is 1. The normalized spacial score (nSPS) is 12.0. The second-order valence-corrected chi connectivity index (χ2v) is 9.12. The summed E-state index contributed by atoms with van der Waals surface area (Å²) in [6.07, 6.45) is 1.24. The molecule has 0 saturated carbocycles. The topological polar surface area (TPSA) is 146 Å². The predicted octanol–water partition coefficient (Wildman–Crippen LogP) is 2.52. The maximum absolute atomic E-state index is 12.8. The zero-order valence-corrected chi connectivity index (χ0v) is 20.4. The molecule has 1 atom stereocenters. The number of nitrogens with two attached hydrogens (primary N) is 1. The van der Waals surface area contributed by atoms with Gasteiger partial charge in [0.25, 0.3) is 11.4 Å². The maximum atomic E-state index is 12.8. The van der Waals surface area contributed by atoms with Crippen molar-refractivity contribution in [1.29, 1.82) is 0 Å². The number of benzene rings is 1. The molecule has 182 valence electrons. The molecule has 0 radical (unpaired) electrons. The molecule has 1 aromatic carbocycles. The molecular weight excluding hydrogens is 436 g/mol. The molecule has 3 rings (SSSR count). The SMILES string of the molecule is Cc1ncc(N)c(=O)n1CC(=O)NC(C(=O)c1nnc(C(C)(C)C)o1)C(C)C.c1ccccc1. The van der Waals surface area contributed by atoms with Gasteiger partial charge in [-0.05, 0) is 12.8 Å². The molecule has 1 unspecified atom stereocenters. The highest BCUT2D eigenvalue weighted by Gasteiger charge is 2.31. The summed E-state index contributed by atoms with van der Waals surface area (Å²) in [7, 11) is 0. The average molecular weight is 469 g/mol. The van der Waals surface area contributed by atoms with Gasteiger partial charge in [-0.3, -0.25) is 19.0 Å². The summed E-state index contributed by atoms with van der Waals surface area (Å²) < 4.78 is 6.64. The van der Waals surface area contributed by atoms with E-state index in [1.165, 1.54) is 6.20 Å². The number of nitrogens with one attached hydrogen (secondary N) is 1. The van der Waals surface area contributed by atoms with Crippen molar-refractivity contribution in [3.8, 4) is 0 Å². The number of aryl methyl sites for hydroxylation is 1. The summed E-state index contributed by atoms with van der Waals surface area (Å²) in [4.78, 5) is 41.4. The van der Waals surface area contributed by atoms with Crippen LogP contribution in [-0.2, 0) is 16.8 Å². The number of rotatable bonds is 6. The maximum Gasteiger partial charge on any atom is 0.286 e. The van der Waals surface area contributed by atoms with Gasteiger partial charge in [-0.25, -0.2) is 4.98 Å². The molecule has 10 nitrogen and oxygen atoms in total. The number of hydrogen-bond acceptors (Lipinski definition) is 8. The van der Waals surface area contributed by atoms with Crippen molar-refractivity contribution in [2.75, 3.05) is 5.73 Å². The smallest absolute Gasteiger partial charge is 0.286 e. The van der Waals surface area contributed by atoms with Crippen molar-refractivity contribution in [2.24, 2.45) is 5.92 Å². The van der Waals surface area contributed by atoms with Crippen LogP contribution in [0.25, 0.3) is 0 Å². The minimum atomic E-state index is -0.884. The van der Waals surface area contributed by atoms with Crippen LogP contribution < -0.4 is 16.6 Å². The third-order valence-electron chi connectivity index (χ3n) is 4.78. The van der Waals surface area contributed by atoms with Crippen LogP contribution in [0.3, 0.4) is 0 Å². The fraction of sp³-hybridized carbons (Fsp3) is 0.417. The van der Waals surface area contributed by atoms with Crippen molar-refractivity contribution in [2.45, 2.75) is 59.5 Å². The molecule has 0 spiro atoms. The van der Waals surface area contributed by atoms with Crippen LogP contribution in [0.1, 0.15) is 57.0 Å². The molecule has 0 aliphatic heterocycles. The molecule has 0 fully saturated rings. The van der Waals surface area contributed by atoms with Crippen LogP contribution in [0, 0.1) is 12.8 Å². The summed E-state index contributed by atoms with van der Waals surface area (Å²) in [6.45, 7) is 10.5. The van der Waals surface area contributed by atoms with Gasteiger partial charge in [0.15, 0.2) is 0 Å². The lowest BCUT2D eigenvalue weighted by Gasteiger charge is -2.20. The molecule has 0 aliphatic carbocycles. The largest absolute Gasteiger partial charge is 0.418 e. The number of ketones is 1. The summed E-state index contributed by atoms with van der Waals surface area (Å²) in [5.41, 5.74) is 4.59. The Morgan fingerprint density at radius 3 is 2.12 bits per heavy atom. The second-order valence-electron chi connectivity index (χ2n) is 9.12. The zero-order valence-electron chi connectivity index (χ0n) is 20.4. The van der Waals surface area contributed by atoms with Gasteiger partial charge < -0.3 is 15.5 Å². The van der Waals surface area contributed by atoms with Crippen LogP contribution >= 0.6 is 0 Å². The van der Waals surface area contributed by atoms with Gasteiger partial charge in [-0.15, -0.1) is 10.2 Å². The first-order valence-electron chi connectivity index (χ1n) is 10.9. The van der Waals surface area contributed by atoms with E-state index in [0.29, 0.717) is 11.7 Å². The van der Waals surface area contributed by atoms with E-state index in [-0.39, 0.29) is 24.0 Å². The van der Waals surface area contributed by atoms with E-state index in [1.54, 1.807) is 20.8 Å². The van der Waals surface area contributed by atoms with Crippen molar-refractivity contribution in [1.82, 2.24) is 25.1 Å². The van der Waals surface area contributed by atoms with Crippen LogP contribution in [0.4, 0.5) is 5.69 Å². The van der Waals surface area contributed by atoms with E-state index >= 15 is 0 Å². The van der Waals surface area contributed by atoms with Gasteiger partial charge in [0.2, 0.25) is 17.6 Å². The first-order valence-corrected chi connectivity index (χ1v) is 10.9. The highest BCUT2D eigenvalue weighted by atomic mass is 16.4. The quantitative estimate of drug-likeness (QED) is 0.525. The van der Waals surface area contributed by atoms with Crippen LogP contribution in [0.2, 0.25) is 0 Å². The molecule has 0 saturated heterocycles. The van der Waals surface area contributed by atoms with E-state index in [2.05, 4.69) is 20.5 Å². The number of hydrogen-bond donors (Lipinski definition) is 2. The van der Waals surface area contributed by atoms with E-state index in [1.807, 2.05) is 57.2 Å². The fourth-order valence-corrected chi connectivity index (χ4v) is 2.82. The van der Waals surface area contributed by atoms with Gasteiger partial charge in [-0.1, -0.05) is 71.0 Å². The van der Waals surface area contributed by atoms with Gasteiger partial charge in [0, 0.05) is 5.41 Å². The Balaban J connectivity index is 0.000000589. The Bertz CT molecular complexity index is 1140. The third-order valence-corrected chi connectivity index (χ3v) is 4.78. The number of anilines is 1. The molecular formula is C24H32N6O4. The summed E-state index contributed by atoms with van der Waals surface area (Å²) in [6, 6.07) is 11.1. The third kappa shape index (κ3) is 7.09. The minimum absolute atomic E-state index is 0.0598. The molecule has 3 N–H and O–H groups in total. The highest BCUT2D eigenvalue weighted by molar-refractivity contribution is 5.98. The molecule has 2 heterocycles. The number of nitrogens with zero attached hydrogens (tertiary/aromatic N) is 4. The van der Waals surface area contributed by atoms with Crippen molar-refractivity contribution in [3.05, 3.63) is 70.6 Å². The van der Waals surface area contributed by atoms with Crippen LogP contribution in [-0.4, -0.2) is 37.5 Å². The second kappa shape index (κ2) is 11.4. The summed E-state index contributed by atoms with van der Waals surface area (Å²) >= 11 is 0. The lowest BCUT2D eigenvalue weighted by molar-refractivity contribution is -0.122. The molecule has 1 amide bonds. The van der Waals surface area contributed by atoms with Gasteiger partial charge in [-0.2, -0.15) is 0 Å². The van der Waals surface area contributed by atoms with Crippen molar-refractivity contribution in [3.63, 3.8) is 0 Å². The Labute approximate surface area is 198 Å². The van der Waals surface area contributed by atoms with E-state index < -0.39 is 28.7 Å².